The van der Waals surface area contributed by atoms with Crippen molar-refractivity contribution < 1.29 is 9.53 Å². The number of benzene rings is 1. The van der Waals surface area contributed by atoms with Gasteiger partial charge < -0.3 is 4.74 Å². The highest BCUT2D eigenvalue weighted by atomic mass is 16.5. The zero-order valence-electron chi connectivity index (χ0n) is 12.6. The van der Waals surface area contributed by atoms with Crippen LogP contribution >= 0.6 is 0 Å². The number of Topliss-reactive ketones (excluding diaryl/α,β-unsaturated/α-hetero) is 1. The second kappa shape index (κ2) is 5.33. The smallest absolute Gasteiger partial charge is 0.140 e. The molecule has 2 heteroatoms. The maximum absolute atomic E-state index is 12.5. The molecule has 0 aromatic heterocycles. The van der Waals surface area contributed by atoms with Gasteiger partial charge in [-0.15, -0.1) is 0 Å². The van der Waals surface area contributed by atoms with Gasteiger partial charge in [0.25, 0.3) is 0 Å². The summed E-state index contributed by atoms with van der Waals surface area (Å²) in [5.41, 5.74) is 3.80. The molecule has 1 saturated carbocycles. The molecule has 0 radical (unpaired) electrons. The Morgan fingerprint density at radius 1 is 1.30 bits per heavy atom. The fourth-order valence-electron chi connectivity index (χ4n) is 3.48. The molecule has 2 fully saturated rings. The Bertz CT molecular complexity index is 514. The van der Waals surface area contributed by atoms with Crippen LogP contribution in [0.3, 0.4) is 0 Å². The van der Waals surface area contributed by atoms with Gasteiger partial charge in [0, 0.05) is 18.9 Å². The van der Waals surface area contributed by atoms with E-state index in [4.69, 9.17) is 4.74 Å². The van der Waals surface area contributed by atoms with Crippen LogP contribution in [-0.4, -0.2) is 18.0 Å². The number of carbonyl (C=O) groups excluding carboxylic acids is 1. The molecule has 3 rings (SSSR count). The van der Waals surface area contributed by atoms with E-state index in [1.807, 2.05) is 0 Å². The molecular formula is C18H24O2. The normalized spacial score (nSPS) is 24.4. The summed E-state index contributed by atoms with van der Waals surface area (Å²) < 4.78 is 5.91. The van der Waals surface area contributed by atoms with E-state index >= 15 is 0 Å². The Labute approximate surface area is 121 Å². The topological polar surface area (TPSA) is 26.3 Å². The number of rotatable bonds is 3. The summed E-state index contributed by atoms with van der Waals surface area (Å²) >= 11 is 0. The minimum Gasteiger partial charge on any atom is -0.375 e. The summed E-state index contributed by atoms with van der Waals surface area (Å²) in [5, 5.41) is 0. The molecule has 1 saturated heterocycles. The summed E-state index contributed by atoms with van der Waals surface area (Å²) in [5.74, 6) is 0.619. The molecule has 0 bridgehead atoms. The van der Waals surface area contributed by atoms with Crippen molar-refractivity contribution in [2.75, 3.05) is 6.61 Å². The fraction of sp³-hybridized carbons (Fsp3) is 0.611. The monoisotopic (exact) mass is 272 g/mol. The first-order valence-corrected chi connectivity index (χ1v) is 7.81. The molecule has 1 unspecified atom stereocenters. The van der Waals surface area contributed by atoms with Crippen molar-refractivity contribution in [2.24, 2.45) is 5.92 Å². The van der Waals surface area contributed by atoms with Crippen molar-refractivity contribution >= 4 is 5.78 Å². The lowest BCUT2D eigenvalue weighted by Crippen LogP contribution is -2.47. The molecule has 1 aromatic rings. The van der Waals surface area contributed by atoms with Crippen LogP contribution in [0.1, 0.15) is 48.8 Å². The molecular weight excluding hydrogens is 248 g/mol. The highest BCUT2D eigenvalue weighted by Gasteiger charge is 2.44. The van der Waals surface area contributed by atoms with Crippen molar-refractivity contribution in [3.05, 3.63) is 34.9 Å². The van der Waals surface area contributed by atoms with E-state index < -0.39 is 0 Å². The zero-order valence-corrected chi connectivity index (χ0v) is 12.6. The fourth-order valence-corrected chi connectivity index (χ4v) is 3.48. The van der Waals surface area contributed by atoms with Gasteiger partial charge in [-0.3, -0.25) is 4.79 Å². The lowest BCUT2D eigenvalue weighted by atomic mass is 9.70. The van der Waals surface area contributed by atoms with Gasteiger partial charge in [-0.2, -0.15) is 0 Å². The first kappa shape index (κ1) is 13.8. The van der Waals surface area contributed by atoms with Crippen LogP contribution in [0.4, 0.5) is 0 Å². The van der Waals surface area contributed by atoms with Crippen LogP contribution in [0.25, 0.3) is 0 Å². The molecule has 1 aliphatic carbocycles. The molecule has 1 aromatic carbocycles. The molecule has 108 valence electrons. The lowest BCUT2D eigenvalue weighted by Gasteiger charge is -2.46. The van der Waals surface area contributed by atoms with Crippen molar-refractivity contribution in [3.63, 3.8) is 0 Å². The van der Waals surface area contributed by atoms with Gasteiger partial charge in [-0.25, -0.2) is 0 Å². The van der Waals surface area contributed by atoms with Crippen LogP contribution in [0.5, 0.6) is 0 Å². The van der Waals surface area contributed by atoms with E-state index in [0.29, 0.717) is 12.2 Å². The SMILES string of the molecule is Cc1ccc(CC(=O)C2CCOC3(CCC3)C2)cc1C. The van der Waals surface area contributed by atoms with Crippen molar-refractivity contribution in [2.45, 2.75) is 58.0 Å². The van der Waals surface area contributed by atoms with Gasteiger partial charge in [0.1, 0.15) is 5.78 Å². The van der Waals surface area contributed by atoms with Crippen LogP contribution < -0.4 is 0 Å². The summed E-state index contributed by atoms with van der Waals surface area (Å²) in [6.07, 6.45) is 6.02. The van der Waals surface area contributed by atoms with Crippen molar-refractivity contribution in [1.82, 2.24) is 0 Å². The molecule has 0 amide bonds. The van der Waals surface area contributed by atoms with Gasteiger partial charge >= 0.3 is 0 Å². The maximum atomic E-state index is 12.5. The van der Waals surface area contributed by atoms with E-state index in [9.17, 15) is 4.79 Å². The van der Waals surface area contributed by atoms with E-state index in [2.05, 4.69) is 32.0 Å². The summed E-state index contributed by atoms with van der Waals surface area (Å²) in [6, 6.07) is 6.37. The second-order valence-electron chi connectivity index (χ2n) is 6.64. The number of aryl methyl sites for hydroxylation is 2. The minimum atomic E-state index is 0.0712. The van der Waals surface area contributed by atoms with Gasteiger partial charge in [0.2, 0.25) is 0 Å². The van der Waals surface area contributed by atoms with Crippen molar-refractivity contribution in [1.29, 1.82) is 0 Å². The average Bonchev–Trinajstić information content (AvgIpc) is 2.41. The van der Waals surface area contributed by atoms with Crippen molar-refractivity contribution in [3.8, 4) is 0 Å². The highest BCUT2D eigenvalue weighted by Crippen LogP contribution is 2.44. The number of hydrogen-bond donors (Lipinski definition) is 0. The van der Waals surface area contributed by atoms with E-state index in [1.54, 1.807) is 0 Å². The predicted molar refractivity (Wildman–Crippen MR) is 79.9 cm³/mol. The molecule has 1 aliphatic heterocycles. The second-order valence-corrected chi connectivity index (χ2v) is 6.64. The Morgan fingerprint density at radius 2 is 2.10 bits per heavy atom. The number of ketones is 1. The first-order valence-electron chi connectivity index (χ1n) is 7.81. The van der Waals surface area contributed by atoms with E-state index in [0.717, 1.165) is 37.9 Å². The lowest BCUT2D eigenvalue weighted by molar-refractivity contribution is -0.155. The largest absolute Gasteiger partial charge is 0.375 e. The van der Waals surface area contributed by atoms with Crippen LogP contribution in [0.15, 0.2) is 18.2 Å². The molecule has 1 spiro atoms. The van der Waals surface area contributed by atoms with Crippen LogP contribution in [0.2, 0.25) is 0 Å². The Morgan fingerprint density at radius 3 is 2.75 bits per heavy atom. The average molecular weight is 272 g/mol. The molecule has 2 nitrogen and oxygen atoms in total. The predicted octanol–water partition coefficient (Wildman–Crippen LogP) is 3.76. The van der Waals surface area contributed by atoms with Crippen LogP contribution in [0, 0.1) is 19.8 Å². The molecule has 1 heterocycles. The third kappa shape index (κ3) is 2.67. The third-order valence-electron chi connectivity index (χ3n) is 5.16. The van der Waals surface area contributed by atoms with Gasteiger partial charge in [0.05, 0.1) is 5.60 Å². The van der Waals surface area contributed by atoms with Gasteiger partial charge in [-0.05, 0) is 62.6 Å². The third-order valence-corrected chi connectivity index (χ3v) is 5.16. The number of ether oxygens (including phenoxy) is 1. The van der Waals surface area contributed by atoms with E-state index in [-0.39, 0.29) is 11.5 Å². The number of hydrogen-bond acceptors (Lipinski definition) is 2. The number of carbonyl (C=O) groups is 1. The molecule has 1 atom stereocenters. The first-order chi connectivity index (χ1) is 9.58. The van der Waals surface area contributed by atoms with Gasteiger partial charge in [0.15, 0.2) is 0 Å². The Kier molecular flexibility index (Phi) is 3.68. The Hall–Kier alpha value is -1.15. The quantitative estimate of drug-likeness (QED) is 0.837. The van der Waals surface area contributed by atoms with E-state index in [1.165, 1.54) is 17.5 Å². The summed E-state index contributed by atoms with van der Waals surface area (Å²) in [4.78, 5) is 12.5. The summed E-state index contributed by atoms with van der Waals surface area (Å²) in [7, 11) is 0. The molecule has 2 aliphatic rings. The molecule has 20 heavy (non-hydrogen) atoms. The standard InChI is InChI=1S/C18H24O2/c1-13-4-5-15(10-14(13)2)11-17(19)16-6-9-20-18(12-16)7-3-8-18/h4-5,10,16H,3,6-9,11-12H2,1-2H3. The minimum absolute atomic E-state index is 0.0712. The Balaban J connectivity index is 1.65. The van der Waals surface area contributed by atoms with Gasteiger partial charge in [-0.1, -0.05) is 18.2 Å². The maximum Gasteiger partial charge on any atom is 0.140 e. The molecule has 0 N–H and O–H groups in total. The van der Waals surface area contributed by atoms with Crippen LogP contribution in [-0.2, 0) is 16.0 Å². The summed E-state index contributed by atoms with van der Waals surface area (Å²) in [6.45, 7) is 4.99. The zero-order chi connectivity index (χ0) is 14.2. The highest BCUT2D eigenvalue weighted by molar-refractivity contribution is 5.83.